The standard InChI is InChI=1S/C21H29N/c1-4-18-20-13-16-8-6-7-9-19(16)21(18,5-2)10-11-22(20)14-17-12-15(17)3/h6-9,17-18,20H,3-5,10-14H2,1-2H3. The maximum atomic E-state index is 4.17. The van der Waals surface area contributed by atoms with E-state index in [1.54, 1.807) is 11.1 Å². The van der Waals surface area contributed by atoms with Gasteiger partial charge in [0.15, 0.2) is 0 Å². The lowest BCUT2D eigenvalue weighted by Crippen LogP contribution is -2.59. The van der Waals surface area contributed by atoms with E-state index in [1.807, 2.05) is 0 Å². The molecule has 0 spiro atoms. The Bertz CT molecular complexity index is 589. The van der Waals surface area contributed by atoms with Crippen molar-refractivity contribution >= 4 is 0 Å². The summed E-state index contributed by atoms with van der Waals surface area (Å²) in [6.07, 6.45) is 6.48. The molecule has 1 saturated heterocycles. The molecule has 4 unspecified atom stereocenters. The maximum Gasteiger partial charge on any atom is 0.0173 e. The van der Waals surface area contributed by atoms with Gasteiger partial charge in [0, 0.05) is 18.0 Å². The van der Waals surface area contributed by atoms with Gasteiger partial charge in [0.25, 0.3) is 0 Å². The molecule has 0 aromatic heterocycles. The monoisotopic (exact) mass is 295 g/mol. The molecular weight excluding hydrogens is 266 g/mol. The number of rotatable bonds is 4. The second-order valence-electron chi connectivity index (χ2n) is 7.76. The van der Waals surface area contributed by atoms with Gasteiger partial charge < -0.3 is 0 Å². The first-order valence-electron chi connectivity index (χ1n) is 9.19. The normalized spacial score (nSPS) is 37.0. The minimum absolute atomic E-state index is 0.436. The Balaban J connectivity index is 1.71. The number of nitrogens with zero attached hydrogens (tertiary/aromatic N) is 1. The van der Waals surface area contributed by atoms with Crippen molar-refractivity contribution in [1.82, 2.24) is 4.90 Å². The van der Waals surface area contributed by atoms with E-state index in [0.717, 1.165) is 17.9 Å². The fourth-order valence-corrected chi connectivity index (χ4v) is 5.59. The molecule has 118 valence electrons. The second kappa shape index (κ2) is 5.23. The highest BCUT2D eigenvalue weighted by Gasteiger charge is 2.51. The molecule has 1 saturated carbocycles. The van der Waals surface area contributed by atoms with Gasteiger partial charge in [-0.3, -0.25) is 4.90 Å². The summed E-state index contributed by atoms with van der Waals surface area (Å²) in [5.74, 6) is 1.62. The number of benzene rings is 1. The summed E-state index contributed by atoms with van der Waals surface area (Å²) in [5, 5.41) is 0. The van der Waals surface area contributed by atoms with Crippen LogP contribution in [0.2, 0.25) is 0 Å². The van der Waals surface area contributed by atoms with Crippen LogP contribution in [-0.4, -0.2) is 24.0 Å². The van der Waals surface area contributed by atoms with Crippen LogP contribution in [0.25, 0.3) is 0 Å². The molecule has 0 radical (unpaired) electrons. The minimum Gasteiger partial charge on any atom is -0.299 e. The topological polar surface area (TPSA) is 3.24 Å². The maximum absolute atomic E-state index is 4.17. The first kappa shape index (κ1) is 14.5. The molecule has 1 nitrogen and oxygen atoms in total. The Morgan fingerprint density at radius 3 is 2.68 bits per heavy atom. The molecule has 4 atom stereocenters. The highest BCUT2D eigenvalue weighted by molar-refractivity contribution is 5.40. The van der Waals surface area contributed by atoms with E-state index in [4.69, 9.17) is 0 Å². The number of hydrogen-bond donors (Lipinski definition) is 0. The Labute approximate surface area is 135 Å². The zero-order valence-corrected chi connectivity index (χ0v) is 14.1. The Kier molecular flexibility index (Phi) is 3.45. The zero-order valence-electron chi connectivity index (χ0n) is 14.1. The molecule has 2 fully saturated rings. The van der Waals surface area contributed by atoms with Gasteiger partial charge in [-0.2, -0.15) is 0 Å². The third-order valence-corrected chi connectivity index (χ3v) is 6.92. The van der Waals surface area contributed by atoms with E-state index in [1.165, 1.54) is 50.8 Å². The molecule has 0 amide bonds. The summed E-state index contributed by atoms with van der Waals surface area (Å²) >= 11 is 0. The van der Waals surface area contributed by atoms with Gasteiger partial charge >= 0.3 is 0 Å². The third-order valence-electron chi connectivity index (χ3n) is 6.92. The van der Waals surface area contributed by atoms with Crippen molar-refractivity contribution < 1.29 is 0 Å². The second-order valence-corrected chi connectivity index (χ2v) is 7.76. The smallest absolute Gasteiger partial charge is 0.0173 e. The summed E-state index contributed by atoms with van der Waals surface area (Å²) in [5.41, 5.74) is 5.22. The van der Waals surface area contributed by atoms with Gasteiger partial charge in [-0.15, -0.1) is 0 Å². The van der Waals surface area contributed by atoms with Crippen molar-refractivity contribution in [1.29, 1.82) is 0 Å². The molecule has 4 rings (SSSR count). The van der Waals surface area contributed by atoms with Crippen molar-refractivity contribution in [2.24, 2.45) is 11.8 Å². The van der Waals surface area contributed by atoms with Crippen molar-refractivity contribution in [2.75, 3.05) is 13.1 Å². The number of piperidine rings is 1. The molecule has 3 aliphatic rings. The van der Waals surface area contributed by atoms with E-state index in [-0.39, 0.29) is 0 Å². The largest absolute Gasteiger partial charge is 0.299 e. The van der Waals surface area contributed by atoms with Gasteiger partial charge in [-0.05, 0) is 55.2 Å². The van der Waals surface area contributed by atoms with Gasteiger partial charge in [-0.25, -0.2) is 0 Å². The number of likely N-dealkylation sites (tertiary alicyclic amines) is 1. The Hall–Kier alpha value is -1.08. The predicted octanol–water partition coefficient (Wildman–Crippen LogP) is 4.57. The number of fused-ring (bicyclic) bond motifs is 4. The predicted molar refractivity (Wildman–Crippen MR) is 93.1 cm³/mol. The summed E-state index contributed by atoms with van der Waals surface area (Å²) in [6, 6.07) is 10.1. The lowest BCUT2D eigenvalue weighted by molar-refractivity contribution is 0.00738. The van der Waals surface area contributed by atoms with E-state index in [0.29, 0.717) is 5.41 Å². The lowest BCUT2D eigenvalue weighted by Gasteiger charge is -2.57. The van der Waals surface area contributed by atoms with Crippen LogP contribution < -0.4 is 0 Å². The van der Waals surface area contributed by atoms with E-state index >= 15 is 0 Å². The molecule has 1 aliphatic heterocycles. The molecule has 1 aromatic carbocycles. The van der Waals surface area contributed by atoms with Crippen LogP contribution in [0, 0.1) is 11.8 Å². The van der Waals surface area contributed by atoms with Crippen molar-refractivity contribution in [2.45, 2.75) is 57.4 Å². The SMILES string of the molecule is C=C1CC1CN1CCC2(CC)c3ccccc3CC1C2CC. The van der Waals surface area contributed by atoms with Crippen LogP contribution in [0.4, 0.5) is 0 Å². The average Bonchev–Trinajstić information content (AvgIpc) is 3.24. The highest BCUT2D eigenvalue weighted by atomic mass is 15.2. The molecule has 1 aromatic rings. The van der Waals surface area contributed by atoms with E-state index in [9.17, 15) is 0 Å². The van der Waals surface area contributed by atoms with Gasteiger partial charge in [0.1, 0.15) is 0 Å². The third kappa shape index (κ3) is 2.01. The fraction of sp³-hybridized carbons (Fsp3) is 0.619. The van der Waals surface area contributed by atoms with Gasteiger partial charge in [-0.1, -0.05) is 56.7 Å². The van der Waals surface area contributed by atoms with Gasteiger partial charge in [0.05, 0.1) is 0 Å². The minimum atomic E-state index is 0.436. The van der Waals surface area contributed by atoms with E-state index in [2.05, 4.69) is 49.6 Å². The van der Waals surface area contributed by atoms with Crippen LogP contribution in [0.15, 0.2) is 36.4 Å². The molecule has 2 bridgehead atoms. The molecule has 0 N–H and O–H groups in total. The fourth-order valence-electron chi connectivity index (χ4n) is 5.59. The Morgan fingerprint density at radius 1 is 1.23 bits per heavy atom. The molecule has 1 heterocycles. The van der Waals surface area contributed by atoms with Crippen LogP contribution in [0.3, 0.4) is 0 Å². The zero-order chi connectivity index (χ0) is 15.3. The molecule has 22 heavy (non-hydrogen) atoms. The van der Waals surface area contributed by atoms with E-state index < -0.39 is 0 Å². The Morgan fingerprint density at radius 2 is 2.00 bits per heavy atom. The first-order valence-corrected chi connectivity index (χ1v) is 9.19. The average molecular weight is 295 g/mol. The molecule has 2 aliphatic carbocycles. The summed E-state index contributed by atoms with van der Waals surface area (Å²) in [7, 11) is 0. The van der Waals surface area contributed by atoms with Gasteiger partial charge in [0.2, 0.25) is 0 Å². The van der Waals surface area contributed by atoms with Crippen molar-refractivity contribution in [3.63, 3.8) is 0 Å². The van der Waals surface area contributed by atoms with Crippen LogP contribution in [-0.2, 0) is 11.8 Å². The summed E-state index contributed by atoms with van der Waals surface area (Å²) in [4.78, 5) is 2.82. The number of hydrogen-bond acceptors (Lipinski definition) is 1. The summed E-state index contributed by atoms with van der Waals surface area (Å²) in [6.45, 7) is 11.6. The molecule has 1 heteroatoms. The quantitative estimate of drug-likeness (QED) is 0.736. The van der Waals surface area contributed by atoms with Crippen molar-refractivity contribution in [3.05, 3.63) is 47.5 Å². The summed E-state index contributed by atoms with van der Waals surface area (Å²) < 4.78 is 0. The van der Waals surface area contributed by atoms with Crippen LogP contribution in [0.5, 0.6) is 0 Å². The highest BCUT2D eigenvalue weighted by Crippen LogP contribution is 2.52. The lowest BCUT2D eigenvalue weighted by atomic mass is 9.55. The molecular formula is C21H29N. The van der Waals surface area contributed by atoms with Crippen LogP contribution in [0.1, 0.15) is 50.7 Å². The first-order chi connectivity index (χ1) is 10.7. The van der Waals surface area contributed by atoms with Crippen molar-refractivity contribution in [3.8, 4) is 0 Å². The van der Waals surface area contributed by atoms with Crippen LogP contribution >= 0.6 is 0 Å².